The largest absolute Gasteiger partial charge is 0.325 e. The summed E-state index contributed by atoms with van der Waals surface area (Å²) >= 11 is 0. The number of H-pyrrole nitrogens is 2. The average molecular weight is 370 g/mol. The summed E-state index contributed by atoms with van der Waals surface area (Å²) in [5, 5.41) is 13.4. The van der Waals surface area contributed by atoms with Gasteiger partial charge in [-0.3, -0.25) is 9.78 Å². The highest BCUT2D eigenvalue weighted by molar-refractivity contribution is 5.63. The number of nitriles is 1. The van der Waals surface area contributed by atoms with Gasteiger partial charge in [0.05, 0.1) is 22.9 Å². The second-order valence-electron chi connectivity index (χ2n) is 6.85. The van der Waals surface area contributed by atoms with Gasteiger partial charge in [-0.1, -0.05) is 12.1 Å². The molecule has 4 aromatic rings. The van der Waals surface area contributed by atoms with Gasteiger partial charge in [-0.15, -0.1) is 0 Å². The van der Waals surface area contributed by atoms with Crippen LogP contribution in [0.25, 0.3) is 16.9 Å². The maximum Gasteiger partial charge on any atom is 0.325 e. The minimum Gasteiger partial charge on any atom is -0.313 e. The maximum absolute atomic E-state index is 12.2. The quantitative estimate of drug-likeness (QED) is 0.571. The monoisotopic (exact) mass is 370 g/mol. The van der Waals surface area contributed by atoms with Gasteiger partial charge < -0.3 is 4.98 Å². The van der Waals surface area contributed by atoms with Crippen LogP contribution in [-0.2, 0) is 0 Å². The molecule has 0 saturated heterocycles. The van der Waals surface area contributed by atoms with Crippen molar-refractivity contribution >= 4 is 5.65 Å². The van der Waals surface area contributed by atoms with Crippen LogP contribution in [0.15, 0.2) is 58.5 Å². The zero-order valence-corrected chi connectivity index (χ0v) is 14.6. The van der Waals surface area contributed by atoms with Gasteiger partial charge in [-0.2, -0.15) is 10.4 Å². The number of hydrogen-bond acceptors (Lipinski definition) is 5. The van der Waals surface area contributed by atoms with Crippen LogP contribution in [0, 0.1) is 11.3 Å². The van der Waals surface area contributed by atoms with E-state index < -0.39 is 11.2 Å². The number of nitrogens with one attached hydrogen (secondary N) is 2. The number of hydrogen-bond donors (Lipinski definition) is 2. The lowest BCUT2D eigenvalue weighted by Gasteiger charge is -2.07. The van der Waals surface area contributed by atoms with Crippen LogP contribution in [0.1, 0.15) is 34.9 Å². The van der Waals surface area contributed by atoms with Gasteiger partial charge in [0.25, 0.3) is 5.56 Å². The van der Waals surface area contributed by atoms with E-state index in [-0.39, 0.29) is 5.92 Å². The number of rotatable bonds is 3. The SMILES string of the molecule is N#Cc1ccc([C@@H]2CC2c2cc(-c3c[nH]c(=O)[nH]c3=O)nn3ccnc23)cc1. The van der Waals surface area contributed by atoms with E-state index >= 15 is 0 Å². The molecule has 1 saturated carbocycles. The number of nitrogens with zero attached hydrogens (tertiary/aromatic N) is 4. The van der Waals surface area contributed by atoms with Crippen molar-refractivity contribution in [2.45, 2.75) is 18.3 Å². The number of fused-ring (bicyclic) bond motifs is 1. The van der Waals surface area contributed by atoms with Crippen molar-refractivity contribution in [1.29, 1.82) is 5.26 Å². The first-order valence-electron chi connectivity index (χ1n) is 8.81. The van der Waals surface area contributed by atoms with E-state index in [1.807, 2.05) is 30.3 Å². The van der Waals surface area contributed by atoms with Crippen molar-refractivity contribution in [3.63, 3.8) is 0 Å². The average Bonchev–Trinajstić information content (AvgIpc) is 3.36. The number of aromatic nitrogens is 5. The molecule has 0 amide bonds. The van der Waals surface area contributed by atoms with Gasteiger partial charge in [0.2, 0.25) is 0 Å². The fourth-order valence-electron chi connectivity index (χ4n) is 3.66. The fourth-order valence-corrected chi connectivity index (χ4v) is 3.66. The Bertz CT molecular complexity index is 1360. The molecule has 0 spiro atoms. The molecule has 0 bridgehead atoms. The van der Waals surface area contributed by atoms with Crippen molar-refractivity contribution in [2.75, 3.05) is 0 Å². The molecular formula is C20H14N6O2. The number of imidazole rings is 1. The summed E-state index contributed by atoms with van der Waals surface area (Å²) in [7, 11) is 0. The zero-order valence-electron chi connectivity index (χ0n) is 14.6. The summed E-state index contributed by atoms with van der Waals surface area (Å²) in [5.74, 6) is 0.582. The van der Waals surface area contributed by atoms with Gasteiger partial charge in [0.15, 0.2) is 5.65 Å². The van der Waals surface area contributed by atoms with Crippen LogP contribution >= 0.6 is 0 Å². The Labute approximate surface area is 158 Å². The van der Waals surface area contributed by atoms with Crippen LogP contribution in [-0.4, -0.2) is 24.6 Å². The molecule has 1 aliphatic rings. The van der Waals surface area contributed by atoms with Gasteiger partial charge in [-0.25, -0.2) is 14.3 Å². The first-order chi connectivity index (χ1) is 13.6. The molecule has 8 heteroatoms. The van der Waals surface area contributed by atoms with Gasteiger partial charge >= 0.3 is 5.69 Å². The van der Waals surface area contributed by atoms with Crippen LogP contribution in [0.2, 0.25) is 0 Å². The van der Waals surface area contributed by atoms with Gasteiger partial charge in [-0.05, 0) is 42.0 Å². The predicted octanol–water partition coefficient (Wildman–Crippen LogP) is 1.92. The van der Waals surface area contributed by atoms with Crippen LogP contribution in [0.4, 0.5) is 0 Å². The molecular weight excluding hydrogens is 356 g/mol. The summed E-state index contributed by atoms with van der Waals surface area (Å²) in [4.78, 5) is 32.6. The molecule has 5 rings (SSSR count). The molecule has 0 aliphatic heterocycles. The lowest BCUT2D eigenvalue weighted by molar-refractivity contribution is 0.906. The highest BCUT2D eigenvalue weighted by Crippen LogP contribution is 2.55. The second-order valence-corrected chi connectivity index (χ2v) is 6.85. The normalized spacial score (nSPS) is 18.1. The first-order valence-corrected chi connectivity index (χ1v) is 8.81. The minimum atomic E-state index is -0.555. The summed E-state index contributed by atoms with van der Waals surface area (Å²) in [6.45, 7) is 0. The highest BCUT2D eigenvalue weighted by atomic mass is 16.2. The molecule has 8 nitrogen and oxygen atoms in total. The van der Waals surface area contributed by atoms with E-state index in [4.69, 9.17) is 5.26 Å². The third-order valence-corrected chi connectivity index (χ3v) is 5.14. The van der Waals surface area contributed by atoms with Crippen molar-refractivity contribution in [2.24, 2.45) is 0 Å². The van der Waals surface area contributed by atoms with Crippen LogP contribution in [0.3, 0.4) is 0 Å². The second kappa shape index (κ2) is 6.03. The molecule has 1 fully saturated rings. The molecule has 2 atom stereocenters. The molecule has 1 unspecified atom stereocenters. The molecule has 3 aromatic heterocycles. The van der Waals surface area contributed by atoms with Gasteiger partial charge in [0.1, 0.15) is 0 Å². The van der Waals surface area contributed by atoms with Crippen molar-refractivity contribution < 1.29 is 0 Å². The molecule has 0 radical (unpaired) electrons. The van der Waals surface area contributed by atoms with E-state index in [0.717, 1.165) is 17.6 Å². The Kier molecular flexibility index (Phi) is 3.49. The Hall–Kier alpha value is -3.99. The lowest BCUT2D eigenvalue weighted by atomic mass is 10.0. The van der Waals surface area contributed by atoms with E-state index in [9.17, 15) is 9.59 Å². The standard InChI is InChI=1S/C20H14N6O2/c21-9-11-1-3-12(4-2-11)13-7-14(13)15-8-17(25-26-6-5-22-18(15)26)16-10-23-20(28)24-19(16)27/h1-6,8,10,13-14H,7H2,(H2,23,24,27,28)/t13-,14?/m0/s1. The first kappa shape index (κ1) is 16.2. The Balaban J connectivity index is 1.58. The smallest absolute Gasteiger partial charge is 0.313 e. The zero-order chi connectivity index (χ0) is 19.3. The third kappa shape index (κ3) is 2.61. The Morgan fingerprint density at radius 3 is 2.75 bits per heavy atom. The topological polar surface area (TPSA) is 120 Å². The summed E-state index contributed by atoms with van der Waals surface area (Å²) in [6, 6.07) is 11.6. The van der Waals surface area contributed by atoms with E-state index in [1.54, 1.807) is 16.9 Å². The van der Waals surface area contributed by atoms with Gasteiger partial charge in [0, 0.05) is 24.2 Å². The molecule has 3 heterocycles. The Morgan fingerprint density at radius 2 is 2.00 bits per heavy atom. The number of aromatic amines is 2. The predicted molar refractivity (Wildman–Crippen MR) is 101 cm³/mol. The minimum absolute atomic E-state index is 0.251. The lowest BCUT2D eigenvalue weighted by Crippen LogP contribution is -2.23. The molecule has 1 aromatic carbocycles. The third-order valence-electron chi connectivity index (χ3n) is 5.14. The fraction of sp³-hybridized carbons (Fsp3) is 0.150. The van der Waals surface area contributed by atoms with Crippen LogP contribution in [0.5, 0.6) is 0 Å². The summed E-state index contributed by atoms with van der Waals surface area (Å²) in [6.07, 6.45) is 5.74. The van der Waals surface area contributed by atoms with E-state index in [2.05, 4.69) is 26.1 Å². The van der Waals surface area contributed by atoms with Crippen LogP contribution < -0.4 is 11.2 Å². The van der Waals surface area contributed by atoms with E-state index in [1.165, 1.54) is 11.8 Å². The number of benzene rings is 1. The molecule has 28 heavy (non-hydrogen) atoms. The van der Waals surface area contributed by atoms with Crippen molar-refractivity contribution in [1.82, 2.24) is 24.6 Å². The van der Waals surface area contributed by atoms with Crippen molar-refractivity contribution in [3.8, 4) is 17.3 Å². The molecule has 136 valence electrons. The maximum atomic E-state index is 12.2. The summed E-state index contributed by atoms with van der Waals surface area (Å²) in [5.41, 5.74) is 3.31. The van der Waals surface area contributed by atoms with Crippen molar-refractivity contribution in [3.05, 3.63) is 86.5 Å². The Morgan fingerprint density at radius 1 is 1.18 bits per heavy atom. The molecule has 1 aliphatic carbocycles. The highest BCUT2D eigenvalue weighted by Gasteiger charge is 2.41. The summed E-state index contributed by atoms with van der Waals surface area (Å²) < 4.78 is 1.66. The van der Waals surface area contributed by atoms with E-state index in [0.29, 0.717) is 22.7 Å². The molecule has 2 N–H and O–H groups in total.